The van der Waals surface area contributed by atoms with Crippen molar-refractivity contribution in [3.63, 3.8) is 0 Å². The van der Waals surface area contributed by atoms with Gasteiger partial charge < -0.3 is 15.4 Å². The molecule has 106 valence electrons. The van der Waals surface area contributed by atoms with Crippen LogP contribution in [0.15, 0.2) is 18.2 Å². The van der Waals surface area contributed by atoms with Gasteiger partial charge in [-0.15, -0.1) is 0 Å². The summed E-state index contributed by atoms with van der Waals surface area (Å²) in [4.78, 5) is 11.9. The molecule has 6 heteroatoms. The van der Waals surface area contributed by atoms with E-state index in [0.717, 1.165) is 0 Å². The molecule has 0 aromatic heterocycles. The molecule has 0 aliphatic rings. The van der Waals surface area contributed by atoms with E-state index in [9.17, 15) is 13.6 Å². The second kappa shape index (κ2) is 7.04. The van der Waals surface area contributed by atoms with Gasteiger partial charge in [-0.25, -0.2) is 0 Å². The number of rotatable bonds is 6. The second-order valence-corrected chi connectivity index (χ2v) is 4.27. The van der Waals surface area contributed by atoms with Crippen LogP contribution in [0.3, 0.4) is 0 Å². The van der Waals surface area contributed by atoms with Crippen molar-refractivity contribution >= 4 is 11.6 Å². The number of benzene rings is 1. The number of para-hydroxylation sites is 1. The Morgan fingerprint density at radius 1 is 1.42 bits per heavy atom. The maximum Gasteiger partial charge on any atom is 0.387 e. The van der Waals surface area contributed by atoms with Crippen LogP contribution in [-0.4, -0.2) is 26.1 Å². The fraction of sp³-hybridized carbons (Fsp3) is 0.462. The standard InChI is InChI=1S/C13H18F2N2O2/c1-8-5-4-6-10(19-13(14)15)11(8)17-12(18)9(2)7-16-3/h4-6,9,13,16H,7H2,1-3H3,(H,17,18). The van der Waals surface area contributed by atoms with Crippen molar-refractivity contribution in [1.29, 1.82) is 0 Å². The minimum atomic E-state index is -2.92. The van der Waals surface area contributed by atoms with Crippen molar-refractivity contribution in [3.8, 4) is 5.75 Å². The monoisotopic (exact) mass is 272 g/mol. The number of carbonyl (C=O) groups excluding carboxylic acids is 1. The highest BCUT2D eigenvalue weighted by molar-refractivity contribution is 5.94. The third kappa shape index (κ3) is 4.48. The number of anilines is 1. The average molecular weight is 272 g/mol. The van der Waals surface area contributed by atoms with E-state index >= 15 is 0 Å². The molecule has 0 aliphatic heterocycles. The SMILES string of the molecule is CNCC(C)C(=O)Nc1c(C)cccc1OC(F)F. The minimum Gasteiger partial charge on any atom is -0.433 e. The Balaban J connectivity index is 2.89. The summed E-state index contributed by atoms with van der Waals surface area (Å²) in [6.07, 6.45) is 0. The van der Waals surface area contributed by atoms with Crippen LogP contribution in [0.25, 0.3) is 0 Å². The molecule has 2 N–H and O–H groups in total. The predicted molar refractivity (Wildman–Crippen MR) is 69.5 cm³/mol. The van der Waals surface area contributed by atoms with Crippen LogP contribution >= 0.6 is 0 Å². The molecule has 0 radical (unpaired) electrons. The van der Waals surface area contributed by atoms with E-state index in [1.165, 1.54) is 6.07 Å². The van der Waals surface area contributed by atoms with Crippen molar-refractivity contribution in [2.75, 3.05) is 18.9 Å². The van der Waals surface area contributed by atoms with Gasteiger partial charge in [0.05, 0.1) is 5.69 Å². The third-order valence-electron chi connectivity index (χ3n) is 2.66. The lowest BCUT2D eigenvalue weighted by atomic mass is 10.1. The van der Waals surface area contributed by atoms with E-state index in [0.29, 0.717) is 12.1 Å². The number of halogens is 2. The molecule has 0 bridgehead atoms. The molecule has 1 aromatic rings. The van der Waals surface area contributed by atoms with Crippen LogP contribution in [0.2, 0.25) is 0 Å². The molecule has 1 aromatic carbocycles. The fourth-order valence-corrected chi connectivity index (χ4v) is 1.64. The highest BCUT2D eigenvalue weighted by Gasteiger charge is 2.17. The van der Waals surface area contributed by atoms with Crippen LogP contribution in [-0.2, 0) is 4.79 Å². The molecule has 19 heavy (non-hydrogen) atoms. The fourth-order valence-electron chi connectivity index (χ4n) is 1.64. The largest absolute Gasteiger partial charge is 0.433 e. The van der Waals surface area contributed by atoms with E-state index in [1.54, 1.807) is 33.0 Å². The molecular formula is C13H18F2N2O2. The zero-order chi connectivity index (χ0) is 14.4. The number of ether oxygens (including phenoxy) is 1. The van der Waals surface area contributed by atoms with Crippen LogP contribution in [0.4, 0.5) is 14.5 Å². The Morgan fingerprint density at radius 3 is 2.68 bits per heavy atom. The first-order chi connectivity index (χ1) is 8.95. The van der Waals surface area contributed by atoms with Gasteiger partial charge in [-0.2, -0.15) is 8.78 Å². The van der Waals surface area contributed by atoms with Gasteiger partial charge in [-0.3, -0.25) is 4.79 Å². The van der Waals surface area contributed by atoms with Crippen LogP contribution in [0.5, 0.6) is 5.75 Å². The molecule has 1 rings (SSSR count). The molecule has 0 spiro atoms. The molecule has 1 unspecified atom stereocenters. The van der Waals surface area contributed by atoms with Crippen LogP contribution in [0.1, 0.15) is 12.5 Å². The molecule has 0 aliphatic carbocycles. The summed E-state index contributed by atoms with van der Waals surface area (Å²) in [5.74, 6) is -0.549. The van der Waals surface area contributed by atoms with Gasteiger partial charge in [0.2, 0.25) is 5.91 Å². The maximum atomic E-state index is 12.3. The number of aryl methyl sites for hydroxylation is 1. The smallest absolute Gasteiger partial charge is 0.387 e. The number of amides is 1. The lowest BCUT2D eigenvalue weighted by molar-refractivity contribution is -0.119. The van der Waals surface area contributed by atoms with Crippen molar-refractivity contribution in [2.45, 2.75) is 20.5 Å². The molecule has 1 atom stereocenters. The number of carbonyl (C=O) groups is 1. The Bertz CT molecular complexity index is 439. The summed E-state index contributed by atoms with van der Waals surface area (Å²) in [6.45, 7) is 1.05. The van der Waals surface area contributed by atoms with Crippen molar-refractivity contribution < 1.29 is 18.3 Å². The Labute approximate surface area is 111 Å². The van der Waals surface area contributed by atoms with Crippen LogP contribution < -0.4 is 15.4 Å². The molecule has 0 saturated carbocycles. The molecule has 0 fully saturated rings. The van der Waals surface area contributed by atoms with Gasteiger partial charge in [0.1, 0.15) is 5.75 Å². The molecule has 4 nitrogen and oxygen atoms in total. The van der Waals surface area contributed by atoms with Gasteiger partial charge >= 0.3 is 6.61 Å². The highest BCUT2D eigenvalue weighted by atomic mass is 19.3. The number of hydrogen-bond acceptors (Lipinski definition) is 3. The number of nitrogens with one attached hydrogen (secondary N) is 2. The topological polar surface area (TPSA) is 50.4 Å². The first kappa shape index (κ1) is 15.4. The Hall–Kier alpha value is -1.69. The molecular weight excluding hydrogens is 254 g/mol. The van der Waals surface area contributed by atoms with E-state index in [1.807, 2.05) is 0 Å². The zero-order valence-corrected chi connectivity index (χ0v) is 11.2. The first-order valence-electron chi connectivity index (χ1n) is 5.95. The summed E-state index contributed by atoms with van der Waals surface area (Å²) >= 11 is 0. The van der Waals surface area contributed by atoms with E-state index in [4.69, 9.17) is 0 Å². The summed E-state index contributed by atoms with van der Waals surface area (Å²) < 4.78 is 29.0. The van der Waals surface area contributed by atoms with Gasteiger partial charge in [-0.1, -0.05) is 19.1 Å². The average Bonchev–Trinajstić information content (AvgIpc) is 2.33. The first-order valence-corrected chi connectivity index (χ1v) is 5.95. The normalized spacial score (nSPS) is 12.3. The number of alkyl halides is 2. The lowest BCUT2D eigenvalue weighted by Gasteiger charge is -2.16. The quantitative estimate of drug-likeness (QED) is 0.836. The zero-order valence-electron chi connectivity index (χ0n) is 11.2. The Kier molecular flexibility index (Phi) is 5.69. The van der Waals surface area contributed by atoms with Gasteiger partial charge in [0.25, 0.3) is 0 Å². The third-order valence-corrected chi connectivity index (χ3v) is 2.66. The van der Waals surface area contributed by atoms with Crippen LogP contribution in [0, 0.1) is 12.8 Å². The maximum absolute atomic E-state index is 12.3. The van der Waals surface area contributed by atoms with Gasteiger partial charge in [-0.05, 0) is 25.6 Å². The summed E-state index contributed by atoms with van der Waals surface area (Å²) in [5, 5.41) is 5.51. The molecule has 0 heterocycles. The lowest BCUT2D eigenvalue weighted by Crippen LogP contribution is -2.29. The Morgan fingerprint density at radius 2 is 2.11 bits per heavy atom. The van der Waals surface area contributed by atoms with E-state index < -0.39 is 6.61 Å². The highest BCUT2D eigenvalue weighted by Crippen LogP contribution is 2.29. The van der Waals surface area contributed by atoms with Gasteiger partial charge in [0, 0.05) is 12.5 Å². The van der Waals surface area contributed by atoms with Crippen molar-refractivity contribution in [3.05, 3.63) is 23.8 Å². The molecule has 1 amide bonds. The van der Waals surface area contributed by atoms with E-state index in [2.05, 4.69) is 15.4 Å². The summed E-state index contributed by atoms with van der Waals surface area (Å²) in [7, 11) is 1.74. The number of hydrogen-bond donors (Lipinski definition) is 2. The van der Waals surface area contributed by atoms with Crippen molar-refractivity contribution in [1.82, 2.24) is 5.32 Å². The summed E-state index contributed by atoms with van der Waals surface area (Å²) in [6, 6.07) is 4.72. The molecule has 0 saturated heterocycles. The van der Waals surface area contributed by atoms with Gasteiger partial charge in [0.15, 0.2) is 0 Å². The second-order valence-electron chi connectivity index (χ2n) is 4.27. The predicted octanol–water partition coefficient (Wildman–Crippen LogP) is 2.39. The summed E-state index contributed by atoms with van der Waals surface area (Å²) in [5.41, 5.74) is 0.957. The van der Waals surface area contributed by atoms with E-state index in [-0.39, 0.29) is 23.3 Å². The minimum absolute atomic E-state index is 0.0278. The van der Waals surface area contributed by atoms with Crippen molar-refractivity contribution in [2.24, 2.45) is 5.92 Å².